The van der Waals surface area contributed by atoms with Crippen molar-refractivity contribution in [2.45, 2.75) is 25.9 Å². The van der Waals surface area contributed by atoms with Crippen molar-refractivity contribution in [3.05, 3.63) is 76.8 Å². The summed E-state index contributed by atoms with van der Waals surface area (Å²) in [5.74, 6) is 1.86. The van der Waals surface area contributed by atoms with Crippen LogP contribution in [0.3, 0.4) is 0 Å². The first-order valence-corrected chi connectivity index (χ1v) is 15.3. The van der Waals surface area contributed by atoms with Crippen molar-refractivity contribution in [3.8, 4) is 11.5 Å². The Morgan fingerprint density at radius 3 is 3.02 bits per heavy atom. The Morgan fingerprint density at radius 2 is 2.14 bits per heavy atom. The number of nitrogens with one attached hydrogen (secondary N) is 1. The number of benzene rings is 1. The van der Waals surface area contributed by atoms with Gasteiger partial charge in [-0.25, -0.2) is 19.5 Å². The number of hydrogen-bond acceptors (Lipinski definition) is 10. The number of pyridine rings is 1. The number of aromatic nitrogens is 5. The van der Waals surface area contributed by atoms with E-state index < -0.39 is 0 Å². The molecule has 11 nitrogen and oxygen atoms in total. The van der Waals surface area contributed by atoms with Gasteiger partial charge in [0.15, 0.2) is 5.65 Å². The second kappa shape index (κ2) is 11.9. The van der Waals surface area contributed by atoms with Crippen LogP contribution in [0.2, 0.25) is 5.02 Å². The Balaban J connectivity index is 1.04. The molecule has 7 rings (SSSR count). The number of carbonyl (C=O) groups excluding carboxylic acids is 1. The fourth-order valence-electron chi connectivity index (χ4n) is 5.42. The quantitative estimate of drug-likeness (QED) is 0.250. The molecule has 4 aromatic heterocycles. The van der Waals surface area contributed by atoms with Gasteiger partial charge in [0.2, 0.25) is 5.91 Å². The molecule has 0 saturated carbocycles. The largest absolute Gasteiger partial charge is 0.454 e. The van der Waals surface area contributed by atoms with Crippen molar-refractivity contribution in [2.24, 2.45) is 0 Å². The van der Waals surface area contributed by atoms with Crippen LogP contribution in [-0.4, -0.2) is 79.2 Å². The molecule has 0 aliphatic carbocycles. The number of amides is 1. The predicted molar refractivity (Wildman–Crippen MR) is 165 cm³/mol. The zero-order valence-electron chi connectivity index (χ0n) is 23.4. The van der Waals surface area contributed by atoms with Crippen LogP contribution < -0.4 is 10.1 Å². The molecule has 0 bridgehead atoms. The van der Waals surface area contributed by atoms with Crippen LogP contribution in [-0.2, 0) is 22.5 Å². The highest BCUT2D eigenvalue weighted by Gasteiger charge is 2.26. The van der Waals surface area contributed by atoms with E-state index >= 15 is 0 Å². The molecule has 2 aliphatic heterocycles. The smallest absolute Gasteiger partial charge is 0.246 e. The molecule has 1 N–H and O–H groups in total. The second-order valence-corrected chi connectivity index (χ2v) is 12.0. The number of rotatable bonds is 7. The summed E-state index contributed by atoms with van der Waals surface area (Å²) in [7, 11) is 0. The summed E-state index contributed by atoms with van der Waals surface area (Å²) in [6.07, 6.45) is 9.21. The molecule has 1 atom stereocenters. The first-order valence-electron chi connectivity index (χ1n) is 14.1. The lowest BCUT2D eigenvalue weighted by molar-refractivity contribution is -0.126. The van der Waals surface area contributed by atoms with E-state index in [0.29, 0.717) is 41.5 Å². The minimum absolute atomic E-state index is 0.0339. The molecule has 1 unspecified atom stereocenters. The highest BCUT2D eigenvalue weighted by Crippen LogP contribution is 2.39. The fraction of sp³-hybridized carbons (Fsp3) is 0.300. The average molecular weight is 617 g/mol. The summed E-state index contributed by atoms with van der Waals surface area (Å²) in [5.41, 5.74) is 2.69. The summed E-state index contributed by atoms with van der Waals surface area (Å²) in [5, 5.41) is 9.00. The molecule has 220 valence electrons. The topological polar surface area (TPSA) is 110 Å². The summed E-state index contributed by atoms with van der Waals surface area (Å²) in [6, 6.07) is 9.52. The second-order valence-electron chi connectivity index (χ2n) is 10.5. The number of hydrogen-bond donors (Lipinski definition) is 1. The average Bonchev–Trinajstić information content (AvgIpc) is 3.63. The Labute approximate surface area is 256 Å². The summed E-state index contributed by atoms with van der Waals surface area (Å²) >= 11 is 8.22. The van der Waals surface area contributed by atoms with Gasteiger partial charge in [0, 0.05) is 42.3 Å². The first kappa shape index (κ1) is 27.7. The Hall–Kier alpha value is -4.10. The van der Waals surface area contributed by atoms with Crippen LogP contribution in [0.1, 0.15) is 17.4 Å². The highest BCUT2D eigenvalue weighted by molar-refractivity contribution is 7.19. The number of nitrogens with zero attached hydrogens (tertiary/aromatic N) is 7. The number of fused-ring (bicyclic) bond motifs is 4. The first-order chi connectivity index (χ1) is 21.0. The Morgan fingerprint density at radius 1 is 1.21 bits per heavy atom. The Kier molecular flexibility index (Phi) is 7.66. The maximum Gasteiger partial charge on any atom is 0.246 e. The van der Waals surface area contributed by atoms with E-state index in [1.165, 1.54) is 11.9 Å². The van der Waals surface area contributed by atoms with E-state index in [4.69, 9.17) is 21.1 Å². The molecule has 0 spiro atoms. The number of halogens is 1. The SMILES string of the molecule is CC1COCCN1C/C=C/C(=O)N1CCc2c(sc3ncnc(Nc4ccc(Oc5ccc6ncnn6c5)c(Cl)c4)c23)C1. The number of morpholine rings is 1. The van der Waals surface area contributed by atoms with Gasteiger partial charge in [-0.2, -0.15) is 5.10 Å². The normalized spacial score (nSPS) is 17.5. The molecule has 1 amide bonds. The monoisotopic (exact) mass is 616 g/mol. The number of thiophene rings is 1. The lowest BCUT2D eigenvalue weighted by atomic mass is 10.0. The van der Waals surface area contributed by atoms with Crippen molar-refractivity contribution in [1.82, 2.24) is 34.4 Å². The molecular weight excluding hydrogens is 588 g/mol. The van der Waals surface area contributed by atoms with E-state index in [0.717, 1.165) is 59.2 Å². The Bertz CT molecular complexity index is 1840. The lowest BCUT2D eigenvalue weighted by Gasteiger charge is -2.32. The molecule has 1 fully saturated rings. The number of anilines is 2. The molecular formula is C30H29ClN8O3S. The fourth-order valence-corrected chi connectivity index (χ4v) is 6.84. The van der Waals surface area contributed by atoms with Gasteiger partial charge in [-0.05, 0) is 49.2 Å². The lowest BCUT2D eigenvalue weighted by Crippen LogP contribution is -2.43. The van der Waals surface area contributed by atoms with Gasteiger partial charge < -0.3 is 19.7 Å². The molecule has 6 heterocycles. The van der Waals surface area contributed by atoms with E-state index in [2.05, 4.69) is 37.2 Å². The van der Waals surface area contributed by atoms with Crippen molar-refractivity contribution < 1.29 is 14.3 Å². The number of ether oxygens (including phenoxy) is 2. The molecule has 5 aromatic rings. The van der Waals surface area contributed by atoms with Crippen molar-refractivity contribution in [3.63, 3.8) is 0 Å². The predicted octanol–water partition coefficient (Wildman–Crippen LogP) is 5.08. The highest BCUT2D eigenvalue weighted by atomic mass is 35.5. The van der Waals surface area contributed by atoms with Crippen molar-refractivity contribution >= 4 is 56.2 Å². The molecule has 43 heavy (non-hydrogen) atoms. The van der Waals surface area contributed by atoms with Crippen LogP contribution >= 0.6 is 22.9 Å². The van der Waals surface area contributed by atoms with E-state index in [-0.39, 0.29) is 5.91 Å². The third-order valence-electron chi connectivity index (χ3n) is 7.72. The van der Waals surface area contributed by atoms with Crippen molar-refractivity contribution in [2.75, 3.05) is 38.2 Å². The van der Waals surface area contributed by atoms with Crippen LogP contribution in [0.5, 0.6) is 11.5 Å². The third kappa shape index (κ3) is 5.78. The van der Waals surface area contributed by atoms with Gasteiger partial charge in [-0.3, -0.25) is 9.69 Å². The van der Waals surface area contributed by atoms with Gasteiger partial charge in [-0.15, -0.1) is 11.3 Å². The maximum absolute atomic E-state index is 13.0. The van der Waals surface area contributed by atoms with Gasteiger partial charge in [0.05, 0.1) is 36.4 Å². The molecule has 0 radical (unpaired) electrons. The minimum atomic E-state index is 0.0339. The van der Waals surface area contributed by atoms with Crippen molar-refractivity contribution in [1.29, 1.82) is 0 Å². The van der Waals surface area contributed by atoms with Gasteiger partial charge in [0.1, 0.15) is 34.8 Å². The third-order valence-corrected chi connectivity index (χ3v) is 9.14. The van der Waals surface area contributed by atoms with Crippen LogP contribution in [0.15, 0.2) is 61.3 Å². The van der Waals surface area contributed by atoms with Crippen LogP contribution in [0, 0.1) is 0 Å². The van der Waals surface area contributed by atoms with Crippen LogP contribution in [0.4, 0.5) is 11.5 Å². The zero-order valence-corrected chi connectivity index (χ0v) is 25.0. The van der Waals surface area contributed by atoms with Gasteiger partial charge in [-0.1, -0.05) is 17.7 Å². The van der Waals surface area contributed by atoms with E-state index in [1.54, 1.807) is 34.5 Å². The molecule has 13 heteroatoms. The standard InChI is InChI=1S/C30H29ClN8O3S/c1-19-16-41-12-11-37(19)9-2-3-27(40)38-10-8-22-25(15-38)43-30-28(22)29(33-17-34-30)36-20-4-6-24(23(31)13-20)42-21-5-7-26-32-18-35-39(26)14-21/h2-7,13-14,17-19H,8-12,15-16H2,1H3,(H,33,34,36)/b3-2+. The van der Waals surface area contributed by atoms with E-state index in [1.807, 2.05) is 41.3 Å². The van der Waals surface area contributed by atoms with E-state index in [9.17, 15) is 4.79 Å². The molecule has 1 aromatic carbocycles. The number of carbonyl (C=O) groups is 1. The van der Waals surface area contributed by atoms with Gasteiger partial charge in [0.25, 0.3) is 0 Å². The van der Waals surface area contributed by atoms with Gasteiger partial charge >= 0.3 is 0 Å². The maximum atomic E-state index is 13.0. The minimum Gasteiger partial charge on any atom is -0.454 e. The molecule has 1 saturated heterocycles. The summed E-state index contributed by atoms with van der Waals surface area (Å²) < 4.78 is 13.1. The van der Waals surface area contributed by atoms with Crippen LogP contribution in [0.25, 0.3) is 15.9 Å². The summed E-state index contributed by atoms with van der Waals surface area (Å²) in [4.78, 5) is 32.5. The molecule has 2 aliphatic rings. The zero-order chi connectivity index (χ0) is 29.3. The summed E-state index contributed by atoms with van der Waals surface area (Å²) in [6.45, 7) is 6.46.